The summed E-state index contributed by atoms with van der Waals surface area (Å²) in [7, 11) is 0. The van der Waals surface area contributed by atoms with E-state index in [0.717, 1.165) is 30.7 Å². The molecule has 0 N–H and O–H groups in total. The average Bonchev–Trinajstić information content (AvgIpc) is 3.22. The average molecular weight is 406 g/mol. The first kappa shape index (κ1) is 17.0. The van der Waals surface area contributed by atoms with E-state index in [4.69, 9.17) is 0 Å². The summed E-state index contributed by atoms with van der Waals surface area (Å²) in [5.41, 5.74) is 2.17. The van der Waals surface area contributed by atoms with Gasteiger partial charge in [-0.3, -0.25) is 8.80 Å². The Kier molecular flexibility index (Phi) is 3.27. The molecule has 30 heavy (non-hydrogen) atoms. The van der Waals surface area contributed by atoms with Gasteiger partial charge in [-0.25, -0.2) is 0 Å². The van der Waals surface area contributed by atoms with Gasteiger partial charge in [-0.1, -0.05) is 24.3 Å². The maximum atomic E-state index is 13.8. The van der Waals surface area contributed by atoms with Crippen molar-refractivity contribution >= 4 is 32.8 Å². The molecule has 0 aliphatic carbocycles. The molecule has 0 spiro atoms. The Bertz CT molecular complexity index is 1520. The highest BCUT2D eigenvalue weighted by atomic mass is 19.2. The quantitative estimate of drug-likeness (QED) is 0.338. The second-order valence-electron chi connectivity index (χ2n) is 7.01. The molecule has 6 aromatic rings. The lowest BCUT2D eigenvalue weighted by Gasteiger charge is -2.08. The van der Waals surface area contributed by atoms with Crippen molar-refractivity contribution in [3.8, 4) is 11.1 Å². The molecule has 4 aromatic heterocycles. The summed E-state index contributed by atoms with van der Waals surface area (Å²) in [6, 6.07) is 14.4. The minimum Gasteiger partial charge on any atom is -0.273 e. The molecule has 0 radical (unpaired) electrons. The molecule has 0 atom stereocenters. The lowest BCUT2D eigenvalue weighted by molar-refractivity contribution is 0.466. The Labute approximate surface area is 165 Å². The molecule has 0 amide bonds. The zero-order chi connectivity index (χ0) is 20.6. The fourth-order valence-electron chi connectivity index (χ4n) is 3.90. The zero-order valence-corrected chi connectivity index (χ0v) is 15.1. The van der Waals surface area contributed by atoms with Crippen LogP contribution in [-0.2, 0) is 0 Å². The fraction of sp³-hybridized carbons (Fsp3) is 0. The van der Waals surface area contributed by atoms with Crippen molar-refractivity contribution in [3.05, 3.63) is 84.7 Å². The number of fused-ring (bicyclic) bond motifs is 6. The van der Waals surface area contributed by atoms with E-state index < -0.39 is 23.8 Å². The Morgan fingerprint density at radius 1 is 0.567 bits per heavy atom. The van der Waals surface area contributed by atoms with Crippen LogP contribution < -0.4 is 0 Å². The van der Waals surface area contributed by atoms with E-state index in [2.05, 4.69) is 9.97 Å². The highest BCUT2D eigenvalue weighted by molar-refractivity contribution is 5.99. The monoisotopic (exact) mass is 406 g/mol. The molecule has 6 rings (SSSR count). The number of rotatable bonds is 1. The molecule has 0 unspecified atom stereocenters. The molecule has 0 aliphatic heterocycles. The molecule has 0 bridgehead atoms. The van der Waals surface area contributed by atoms with Crippen molar-refractivity contribution in [2.45, 2.75) is 0 Å². The Morgan fingerprint density at radius 3 is 1.43 bits per heavy atom. The first-order valence-electron chi connectivity index (χ1n) is 9.03. The smallest absolute Gasteiger partial charge is 0.269 e. The van der Waals surface area contributed by atoms with Crippen LogP contribution in [0.2, 0.25) is 0 Å². The standard InChI is InChI=1S/C22H10F4N4/c23-17-19(25)29-7-5-13-9-11(1-3-15(13)21(29)27-17)12-2-4-16-14(10-12)6-8-30-20(26)18(24)28-22(16)30/h1-10H. The van der Waals surface area contributed by atoms with Gasteiger partial charge in [0.15, 0.2) is 0 Å². The van der Waals surface area contributed by atoms with Crippen molar-refractivity contribution < 1.29 is 17.6 Å². The van der Waals surface area contributed by atoms with Gasteiger partial charge in [-0.2, -0.15) is 27.5 Å². The highest BCUT2D eigenvalue weighted by Crippen LogP contribution is 2.30. The van der Waals surface area contributed by atoms with Crippen LogP contribution in [0.5, 0.6) is 0 Å². The lowest BCUT2D eigenvalue weighted by Crippen LogP contribution is -1.91. The van der Waals surface area contributed by atoms with Gasteiger partial charge in [0, 0.05) is 23.2 Å². The molecule has 146 valence electrons. The van der Waals surface area contributed by atoms with Crippen LogP contribution in [0.1, 0.15) is 0 Å². The van der Waals surface area contributed by atoms with E-state index in [1.807, 2.05) is 24.3 Å². The van der Waals surface area contributed by atoms with E-state index in [1.54, 1.807) is 24.3 Å². The summed E-state index contributed by atoms with van der Waals surface area (Å²) in [5, 5.41) is 2.79. The molecule has 8 heteroatoms. The molecule has 4 heterocycles. The lowest BCUT2D eigenvalue weighted by atomic mass is 9.99. The summed E-state index contributed by atoms with van der Waals surface area (Å²) in [6.07, 6.45) is 2.87. The summed E-state index contributed by atoms with van der Waals surface area (Å²) in [4.78, 5) is 7.35. The first-order chi connectivity index (χ1) is 14.5. The first-order valence-corrected chi connectivity index (χ1v) is 9.03. The van der Waals surface area contributed by atoms with E-state index in [9.17, 15) is 17.6 Å². The van der Waals surface area contributed by atoms with Crippen molar-refractivity contribution in [3.63, 3.8) is 0 Å². The molecule has 0 saturated carbocycles. The van der Waals surface area contributed by atoms with E-state index in [-0.39, 0.29) is 11.3 Å². The van der Waals surface area contributed by atoms with Gasteiger partial charge in [-0.05, 0) is 46.2 Å². The Balaban J connectivity index is 1.53. The maximum absolute atomic E-state index is 13.8. The number of hydrogen-bond acceptors (Lipinski definition) is 2. The summed E-state index contributed by atoms with van der Waals surface area (Å²) in [5.74, 6) is -4.33. The molecule has 2 aromatic carbocycles. The van der Waals surface area contributed by atoms with Crippen molar-refractivity contribution in [2.24, 2.45) is 0 Å². The predicted octanol–water partition coefficient (Wildman–Crippen LogP) is 5.51. The number of benzene rings is 2. The van der Waals surface area contributed by atoms with Crippen LogP contribution >= 0.6 is 0 Å². The van der Waals surface area contributed by atoms with Crippen LogP contribution in [0.15, 0.2) is 60.9 Å². The van der Waals surface area contributed by atoms with Crippen LogP contribution in [0.4, 0.5) is 17.6 Å². The van der Waals surface area contributed by atoms with E-state index >= 15 is 0 Å². The molecule has 0 fully saturated rings. The minimum atomic E-state index is -1.14. The second-order valence-corrected chi connectivity index (χ2v) is 7.01. The third kappa shape index (κ3) is 2.21. The molecule has 0 aliphatic rings. The number of halogens is 4. The van der Waals surface area contributed by atoms with Crippen LogP contribution in [0, 0.1) is 23.8 Å². The van der Waals surface area contributed by atoms with Gasteiger partial charge >= 0.3 is 0 Å². The zero-order valence-electron chi connectivity index (χ0n) is 15.1. The van der Waals surface area contributed by atoms with Gasteiger partial charge < -0.3 is 0 Å². The number of hydrogen-bond donors (Lipinski definition) is 0. The number of aromatic nitrogens is 4. The topological polar surface area (TPSA) is 34.6 Å². The van der Waals surface area contributed by atoms with Crippen molar-refractivity contribution in [1.29, 1.82) is 0 Å². The van der Waals surface area contributed by atoms with Crippen LogP contribution in [0.3, 0.4) is 0 Å². The molecular weight excluding hydrogens is 396 g/mol. The number of nitrogens with zero attached hydrogens (tertiary/aromatic N) is 4. The number of imidazole rings is 2. The van der Waals surface area contributed by atoms with Crippen LogP contribution in [0.25, 0.3) is 44.0 Å². The van der Waals surface area contributed by atoms with Gasteiger partial charge in [0.1, 0.15) is 11.3 Å². The van der Waals surface area contributed by atoms with Crippen molar-refractivity contribution in [2.75, 3.05) is 0 Å². The van der Waals surface area contributed by atoms with E-state index in [0.29, 0.717) is 10.8 Å². The fourth-order valence-corrected chi connectivity index (χ4v) is 3.90. The minimum absolute atomic E-state index is 0.207. The third-order valence-corrected chi connectivity index (χ3v) is 5.35. The third-order valence-electron chi connectivity index (χ3n) is 5.35. The summed E-state index contributed by atoms with van der Waals surface area (Å²) >= 11 is 0. The highest BCUT2D eigenvalue weighted by Gasteiger charge is 2.15. The predicted molar refractivity (Wildman–Crippen MR) is 104 cm³/mol. The maximum Gasteiger partial charge on any atom is 0.269 e. The van der Waals surface area contributed by atoms with Crippen LogP contribution in [-0.4, -0.2) is 18.8 Å². The molecular formula is C22H10F4N4. The summed E-state index contributed by atoms with van der Waals surface area (Å²) in [6.45, 7) is 0. The van der Waals surface area contributed by atoms with E-state index in [1.165, 1.54) is 12.4 Å². The van der Waals surface area contributed by atoms with Gasteiger partial charge in [0.25, 0.3) is 23.8 Å². The van der Waals surface area contributed by atoms with Gasteiger partial charge in [0.05, 0.1) is 0 Å². The SMILES string of the molecule is Fc1nc2c3ccc(-c4ccc5c(ccn6c(F)c(F)nc56)c4)cc3ccn2c1F. The normalized spacial score (nSPS) is 12.0. The van der Waals surface area contributed by atoms with Gasteiger partial charge in [0.2, 0.25) is 0 Å². The summed E-state index contributed by atoms with van der Waals surface area (Å²) < 4.78 is 56.8. The molecule has 0 saturated heterocycles. The van der Waals surface area contributed by atoms with Crippen molar-refractivity contribution in [1.82, 2.24) is 18.8 Å². The number of pyridine rings is 2. The Hall–Kier alpha value is -3.94. The second kappa shape index (κ2) is 5.79. The Morgan fingerprint density at radius 2 is 1.00 bits per heavy atom. The largest absolute Gasteiger partial charge is 0.273 e. The molecule has 4 nitrogen and oxygen atoms in total. The van der Waals surface area contributed by atoms with Gasteiger partial charge in [-0.15, -0.1) is 0 Å².